The molecule has 0 spiro atoms. The summed E-state index contributed by atoms with van der Waals surface area (Å²) in [5, 5.41) is 15.2. The Balaban J connectivity index is 1.71. The normalized spacial score (nSPS) is 11.2. The molecule has 0 heterocycles. The SMILES string of the molecule is C=CCOc1ccc(C(=O)N/N=C/c2ccc(Oc3ccc(C(F)(F)F)cc3[N+](=O)[O-])c(Br)c2)cc1OCC. The van der Waals surface area contributed by atoms with Crippen LogP contribution in [0.2, 0.25) is 0 Å². The summed E-state index contributed by atoms with van der Waals surface area (Å²) in [6, 6.07) is 11.2. The molecule has 0 radical (unpaired) electrons. The van der Waals surface area contributed by atoms with Gasteiger partial charge < -0.3 is 14.2 Å². The molecule has 0 atom stereocenters. The van der Waals surface area contributed by atoms with Crippen molar-refractivity contribution in [1.82, 2.24) is 5.43 Å². The van der Waals surface area contributed by atoms with Crippen molar-refractivity contribution in [3.8, 4) is 23.0 Å². The van der Waals surface area contributed by atoms with Gasteiger partial charge in [-0.2, -0.15) is 18.3 Å². The molecule has 0 bridgehead atoms. The van der Waals surface area contributed by atoms with Crippen LogP contribution in [0.1, 0.15) is 28.4 Å². The lowest BCUT2D eigenvalue weighted by molar-refractivity contribution is -0.385. The predicted octanol–water partition coefficient (Wildman–Crippen LogP) is 6.90. The maximum Gasteiger partial charge on any atom is 0.416 e. The molecule has 0 saturated heterocycles. The molecule has 204 valence electrons. The van der Waals surface area contributed by atoms with Crippen molar-refractivity contribution in [2.45, 2.75) is 13.1 Å². The van der Waals surface area contributed by atoms with E-state index in [4.69, 9.17) is 14.2 Å². The highest BCUT2D eigenvalue weighted by molar-refractivity contribution is 9.10. The Hall–Kier alpha value is -4.39. The van der Waals surface area contributed by atoms with Gasteiger partial charge in [0.2, 0.25) is 5.75 Å². The smallest absolute Gasteiger partial charge is 0.416 e. The van der Waals surface area contributed by atoms with E-state index >= 15 is 0 Å². The Bertz CT molecular complexity index is 1410. The molecule has 13 heteroatoms. The molecule has 3 aromatic rings. The van der Waals surface area contributed by atoms with Crippen LogP contribution in [0.25, 0.3) is 0 Å². The van der Waals surface area contributed by atoms with Crippen LogP contribution < -0.4 is 19.6 Å². The molecule has 3 aromatic carbocycles. The van der Waals surface area contributed by atoms with Gasteiger partial charge in [0, 0.05) is 11.6 Å². The minimum atomic E-state index is -4.74. The highest BCUT2D eigenvalue weighted by Gasteiger charge is 2.33. The summed E-state index contributed by atoms with van der Waals surface area (Å²) >= 11 is 3.26. The van der Waals surface area contributed by atoms with Crippen molar-refractivity contribution >= 4 is 33.7 Å². The van der Waals surface area contributed by atoms with Gasteiger partial charge in [-0.3, -0.25) is 14.9 Å². The molecule has 0 saturated carbocycles. The summed E-state index contributed by atoms with van der Waals surface area (Å²) < 4.78 is 55.7. The summed E-state index contributed by atoms with van der Waals surface area (Å²) in [7, 11) is 0. The zero-order valence-corrected chi connectivity index (χ0v) is 21.9. The van der Waals surface area contributed by atoms with E-state index in [-0.39, 0.29) is 23.7 Å². The highest BCUT2D eigenvalue weighted by atomic mass is 79.9. The molecule has 0 fully saturated rings. The van der Waals surface area contributed by atoms with Crippen LogP contribution in [0.3, 0.4) is 0 Å². The third-order valence-electron chi connectivity index (χ3n) is 4.90. The Morgan fingerprint density at radius 1 is 1.08 bits per heavy atom. The van der Waals surface area contributed by atoms with E-state index < -0.39 is 28.3 Å². The van der Waals surface area contributed by atoms with Gasteiger partial charge in [0.25, 0.3) is 5.91 Å². The molecule has 0 aromatic heterocycles. The van der Waals surface area contributed by atoms with Gasteiger partial charge in [0.15, 0.2) is 11.5 Å². The minimum absolute atomic E-state index is 0.112. The van der Waals surface area contributed by atoms with Crippen molar-refractivity contribution in [2.75, 3.05) is 13.2 Å². The molecule has 1 amide bonds. The van der Waals surface area contributed by atoms with Crippen LogP contribution in [0, 0.1) is 10.1 Å². The first-order valence-corrected chi connectivity index (χ1v) is 12.0. The maximum absolute atomic E-state index is 12.9. The number of carbonyl (C=O) groups excluding carboxylic acids is 1. The van der Waals surface area contributed by atoms with Gasteiger partial charge in [-0.1, -0.05) is 12.7 Å². The number of hydrogen-bond donors (Lipinski definition) is 1. The van der Waals surface area contributed by atoms with E-state index in [0.29, 0.717) is 40.3 Å². The van der Waals surface area contributed by atoms with E-state index in [9.17, 15) is 28.1 Å². The Labute approximate surface area is 229 Å². The Kier molecular flexibility index (Phi) is 9.66. The Morgan fingerprint density at radius 2 is 1.79 bits per heavy atom. The van der Waals surface area contributed by atoms with Gasteiger partial charge in [0.05, 0.1) is 27.8 Å². The lowest BCUT2D eigenvalue weighted by atomic mass is 10.2. The second-order valence-corrected chi connectivity index (χ2v) is 8.48. The lowest BCUT2D eigenvalue weighted by Gasteiger charge is -2.12. The molecule has 39 heavy (non-hydrogen) atoms. The van der Waals surface area contributed by atoms with Crippen molar-refractivity contribution in [1.29, 1.82) is 0 Å². The van der Waals surface area contributed by atoms with Gasteiger partial charge in [-0.05, 0) is 76.9 Å². The van der Waals surface area contributed by atoms with Gasteiger partial charge >= 0.3 is 11.9 Å². The fourth-order valence-corrected chi connectivity index (χ4v) is 3.61. The van der Waals surface area contributed by atoms with Gasteiger partial charge in [-0.15, -0.1) is 0 Å². The average Bonchev–Trinajstić information content (AvgIpc) is 2.89. The van der Waals surface area contributed by atoms with Gasteiger partial charge in [0.1, 0.15) is 12.4 Å². The van der Waals surface area contributed by atoms with Gasteiger partial charge in [-0.25, -0.2) is 5.43 Å². The van der Waals surface area contributed by atoms with Crippen molar-refractivity contribution in [3.63, 3.8) is 0 Å². The number of nitrogens with one attached hydrogen (secondary N) is 1. The summed E-state index contributed by atoms with van der Waals surface area (Å²) in [5.41, 5.74) is 1.19. The first kappa shape index (κ1) is 29.2. The minimum Gasteiger partial charge on any atom is -0.490 e. The summed E-state index contributed by atoms with van der Waals surface area (Å²) in [5.74, 6) is 0.0986. The van der Waals surface area contributed by atoms with Crippen LogP contribution in [0.15, 0.2) is 76.8 Å². The molecule has 0 aliphatic heterocycles. The number of nitro groups is 1. The first-order chi connectivity index (χ1) is 18.5. The number of amides is 1. The monoisotopic (exact) mass is 607 g/mol. The second-order valence-electron chi connectivity index (χ2n) is 7.62. The summed E-state index contributed by atoms with van der Waals surface area (Å²) in [6.45, 7) is 6.03. The first-order valence-electron chi connectivity index (χ1n) is 11.2. The van der Waals surface area contributed by atoms with Crippen LogP contribution in [-0.2, 0) is 6.18 Å². The number of nitro benzene ring substituents is 1. The lowest BCUT2D eigenvalue weighted by Crippen LogP contribution is -2.17. The molecule has 3 rings (SSSR count). The molecular weight excluding hydrogens is 587 g/mol. The number of nitrogens with zero attached hydrogens (tertiary/aromatic N) is 2. The molecule has 9 nitrogen and oxygen atoms in total. The summed E-state index contributed by atoms with van der Waals surface area (Å²) in [6.07, 6.45) is -1.81. The maximum atomic E-state index is 12.9. The fourth-order valence-electron chi connectivity index (χ4n) is 3.14. The van der Waals surface area contributed by atoms with Crippen LogP contribution >= 0.6 is 15.9 Å². The number of rotatable bonds is 11. The highest BCUT2D eigenvalue weighted by Crippen LogP contribution is 2.39. The number of alkyl halides is 3. The van der Waals surface area contributed by atoms with Crippen molar-refractivity contribution < 1.29 is 37.1 Å². The van der Waals surface area contributed by atoms with Crippen LogP contribution in [-0.4, -0.2) is 30.3 Å². The predicted molar refractivity (Wildman–Crippen MR) is 141 cm³/mol. The van der Waals surface area contributed by atoms with Crippen LogP contribution in [0.5, 0.6) is 23.0 Å². The third-order valence-corrected chi connectivity index (χ3v) is 5.52. The second kappa shape index (κ2) is 12.9. The number of hydrogen-bond acceptors (Lipinski definition) is 7. The van der Waals surface area contributed by atoms with E-state index in [1.807, 2.05) is 0 Å². The van der Waals surface area contributed by atoms with E-state index in [1.54, 1.807) is 31.2 Å². The molecular formula is C26H21BrF3N3O6. The largest absolute Gasteiger partial charge is 0.490 e. The summed E-state index contributed by atoms with van der Waals surface area (Å²) in [4.78, 5) is 22.9. The van der Waals surface area contributed by atoms with E-state index in [0.717, 1.165) is 6.07 Å². The van der Waals surface area contributed by atoms with Crippen LogP contribution in [0.4, 0.5) is 18.9 Å². The number of halogens is 4. The number of carbonyl (C=O) groups is 1. The average molecular weight is 608 g/mol. The quantitative estimate of drug-likeness (QED) is 0.110. The third kappa shape index (κ3) is 7.80. The standard InChI is InChI=1S/C26H21BrF3N3O6/c1-3-11-38-23-9-6-17(13-24(23)37-4-2)25(34)32-31-15-16-5-8-21(19(27)12-16)39-22-10-7-18(26(28,29)30)14-20(22)33(35)36/h3,5-10,12-15H,1,4,11H2,2H3,(H,32,34)/b31-15+. The molecule has 1 N–H and O–H groups in total. The molecule has 0 aliphatic carbocycles. The number of ether oxygens (including phenoxy) is 3. The van der Waals surface area contributed by atoms with Crippen molar-refractivity contribution in [3.05, 3.63) is 98.5 Å². The Morgan fingerprint density at radius 3 is 2.44 bits per heavy atom. The number of hydrazone groups is 1. The zero-order valence-electron chi connectivity index (χ0n) is 20.3. The molecule has 0 unspecified atom stereocenters. The topological polar surface area (TPSA) is 112 Å². The van der Waals surface area contributed by atoms with E-state index in [2.05, 4.69) is 33.0 Å². The van der Waals surface area contributed by atoms with E-state index in [1.165, 1.54) is 24.4 Å². The zero-order chi connectivity index (χ0) is 28.6. The fraction of sp³-hybridized carbons (Fsp3) is 0.154. The number of benzene rings is 3. The molecule has 0 aliphatic rings. The van der Waals surface area contributed by atoms with Crippen molar-refractivity contribution in [2.24, 2.45) is 5.10 Å².